The van der Waals surface area contributed by atoms with E-state index in [1.54, 1.807) is 12.1 Å². The van der Waals surface area contributed by atoms with Crippen molar-refractivity contribution in [2.24, 2.45) is 0 Å². The quantitative estimate of drug-likeness (QED) is 0.349. The van der Waals surface area contributed by atoms with E-state index in [-0.39, 0.29) is 43.2 Å². The number of esters is 1. The first-order valence-corrected chi connectivity index (χ1v) is 11.6. The maximum atomic E-state index is 12.8. The van der Waals surface area contributed by atoms with Gasteiger partial charge in [0, 0.05) is 26.2 Å². The molecule has 1 heterocycles. The molecule has 2 unspecified atom stereocenters. The molecule has 2 aromatic carbocycles. The maximum Gasteiger partial charge on any atom is 0.328 e. The van der Waals surface area contributed by atoms with E-state index in [1.807, 2.05) is 30.3 Å². The van der Waals surface area contributed by atoms with Gasteiger partial charge >= 0.3 is 5.97 Å². The summed E-state index contributed by atoms with van der Waals surface area (Å²) in [5.41, 5.74) is 1.73. The molecule has 9 heteroatoms. The molecule has 2 N–H and O–H groups in total. The minimum atomic E-state index is -0.755. The number of hydrogen-bond acceptors (Lipinski definition) is 7. The number of methoxy groups -OCH3 is 1. The molecule has 1 saturated heterocycles. The van der Waals surface area contributed by atoms with Gasteiger partial charge in [-0.05, 0) is 29.7 Å². The van der Waals surface area contributed by atoms with Crippen molar-refractivity contribution in [3.05, 3.63) is 65.7 Å². The molecular weight excluding hydrogens is 452 g/mol. The summed E-state index contributed by atoms with van der Waals surface area (Å²) in [5.74, 6) is -1.19. The second kappa shape index (κ2) is 13.5. The molecule has 9 nitrogen and oxygen atoms in total. The second-order valence-corrected chi connectivity index (χ2v) is 8.33. The number of nitrogens with zero attached hydrogens (tertiary/aromatic N) is 1. The number of phenols is 1. The lowest BCUT2D eigenvalue weighted by Crippen LogP contribution is -2.46. The van der Waals surface area contributed by atoms with Crippen LogP contribution < -0.4 is 5.32 Å². The van der Waals surface area contributed by atoms with Gasteiger partial charge in [-0.3, -0.25) is 9.59 Å². The van der Waals surface area contributed by atoms with Crippen molar-refractivity contribution in [1.29, 1.82) is 0 Å². The van der Waals surface area contributed by atoms with E-state index in [9.17, 15) is 19.5 Å². The highest BCUT2D eigenvalue weighted by molar-refractivity contribution is 5.89. The molecule has 0 saturated carbocycles. The fourth-order valence-electron chi connectivity index (χ4n) is 3.92. The van der Waals surface area contributed by atoms with Gasteiger partial charge in [-0.25, -0.2) is 4.79 Å². The summed E-state index contributed by atoms with van der Waals surface area (Å²) in [5, 5.41) is 12.1. The summed E-state index contributed by atoms with van der Waals surface area (Å²) in [7, 11) is 1.28. The zero-order valence-corrected chi connectivity index (χ0v) is 19.9. The second-order valence-electron chi connectivity index (χ2n) is 8.33. The van der Waals surface area contributed by atoms with Gasteiger partial charge in [-0.1, -0.05) is 42.5 Å². The van der Waals surface area contributed by atoms with Crippen LogP contribution in [0.25, 0.3) is 0 Å². The van der Waals surface area contributed by atoms with Crippen LogP contribution in [0.4, 0.5) is 0 Å². The Labute approximate surface area is 205 Å². The number of carbonyl (C=O) groups excluding carboxylic acids is 3. The average Bonchev–Trinajstić information content (AvgIpc) is 3.29. The molecule has 35 heavy (non-hydrogen) atoms. The highest BCUT2D eigenvalue weighted by atomic mass is 16.5. The number of benzene rings is 2. The van der Waals surface area contributed by atoms with Gasteiger partial charge in [-0.2, -0.15) is 0 Å². The Morgan fingerprint density at radius 3 is 2.57 bits per heavy atom. The number of likely N-dealkylation sites (tertiary alicyclic amines) is 1. The van der Waals surface area contributed by atoms with Gasteiger partial charge < -0.3 is 29.5 Å². The van der Waals surface area contributed by atoms with Crippen molar-refractivity contribution in [3.63, 3.8) is 0 Å². The Morgan fingerprint density at radius 1 is 1.06 bits per heavy atom. The van der Waals surface area contributed by atoms with Crippen LogP contribution in [0.3, 0.4) is 0 Å². The van der Waals surface area contributed by atoms with E-state index in [2.05, 4.69) is 5.32 Å². The van der Waals surface area contributed by atoms with Crippen molar-refractivity contribution in [3.8, 4) is 5.75 Å². The molecule has 0 spiro atoms. The van der Waals surface area contributed by atoms with Gasteiger partial charge in [0.15, 0.2) is 0 Å². The fraction of sp³-hybridized carbons (Fsp3) is 0.423. The number of nitrogens with one attached hydrogen (secondary N) is 1. The third-order valence-corrected chi connectivity index (χ3v) is 5.67. The summed E-state index contributed by atoms with van der Waals surface area (Å²) in [6.07, 6.45) is 0.742. The third kappa shape index (κ3) is 8.38. The Hall–Kier alpha value is -3.43. The number of hydrogen-bond donors (Lipinski definition) is 2. The largest absolute Gasteiger partial charge is 0.508 e. The van der Waals surface area contributed by atoms with Gasteiger partial charge in [0.2, 0.25) is 11.8 Å². The highest BCUT2D eigenvalue weighted by Gasteiger charge is 2.40. The van der Waals surface area contributed by atoms with Gasteiger partial charge in [0.05, 0.1) is 32.8 Å². The summed E-state index contributed by atoms with van der Waals surface area (Å²) in [6, 6.07) is 15.5. The van der Waals surface area contributed by atoms with E-state index in [4.69, 9.17) is 14.2 Å². The van der Waals surface area contributed by atoms with Gasteiger partial charge in [0.25, 0.3) is 0 Å². The van der Waals surface area contributed by atoms with Crippen molar-refractivity contribution in [2.45, 2.75) is 38.0 Å². The number of carbonyl (C=O) groups is 3. The molecule has 3 rings (SSSR count). The molecule has 0 aliphatic carbocycles. The van der Waals surface area contributed by atoms with Crippen LogP contribution >= 0.6 is 0 Å². The molecular formula is C26H32N2O7. The minimum absolute atomic E-state index is 0.0280. The fourth-order valence-corrected chi connectivity index (χ4v) is 3.92. The van der Waals surface area contributed by atoms with Gasteiger partial charge in [0.1, 0.15) is 11.8 Å². The zero-order valence-electron chi connectivity index (χ0n) is 19.9. The lowest BCUT2D eigenvalue weighted by Gasteiger charge is -2.22. The molecule has 1 aliphatic rings. The third-order valence-electron chi connectivity index (χ3n) is 5.67. The summed E-state index contributed by atoms with van der Waals surface area (Å²) in [6.45, 7) is 1.51. The van der Waals surface area contributed by atoms with Crippen LogP contribution in [-0.2, 0) is 41.6 Å². The Morgan fingerprint density at radius 2 is 1.83 bits per heavy atom. The molecule has 1 aliphatic heterocycles. The Bertz CT molecular complexity index is 983. The first kappa shape index (κ1) is 26.2. The topological polar surface area (TPSA) is 114 Å². The van der Waals surface area contributed by atoms with E-state index in [0.717, 1.165) is 5.56 Å². The lowest BCUT2D eigenvalue weighted by molar-refractivity contribution is -0.150. The predicted octanol–water partition coefficient (Wildman–Crippen LogP) is 1.82. The average molecular weight is 485 g/mol. The number of aromatic hydroxyl groups is 1. The normalized spacial score (nSPS) is 17.2. The molecule has 188 valence electrons. The Kier molecular flexibility index (Phi) is 10.1. The minimum Gasteiger partial charge on any atom is -0.508 e. The van der Waals surface area contributed by atoms with Crippen LogP contribution in [-0.4, -0.2) is 73.3 Å². The van der Waals surface area contributed by atoms with Gasteiger partial charge in [-0.15, -0.1) is 0 Å². The lowest BCUT2D eigenvalue weighted by atomic mass is 10.1. The van der Waals surface area contributed by atoms with Crippen LogP contribution in [0.2, 0.25) is 0 Å². The van der Waals surface area contributed by atoms with Crippen molar-refractivity contribution in [2.75, 3.05) is 33.4 Å². The molecule has 0 aromatic heterocycles. The zero-order chi connectivity index (χ0) is 25.0. The maximum absolute atomic E-state index is 12.8. The van der Waals surface area contributed by atoms with Crippen LogP contribution in [0.1, 0.15) is 24.0 Å². The van der Waals surface area contributed by atoms with Crippen LogP contribution in [0.5, 0.6) is 5.75 Å². The van der Waals surface area contributed by atoms with Crippen LogP contribution in [0.15, 0.2) is 54.6 Å². The Balaban J connectivity index is 1.41. The van der Waals surface area contributed by atoms with E-state index < -0.39 is 12.0 Å². The number of phenolic OH excluding ortho intramolecular Hbond substituents is 1. The van der Waals surface area contributed by atoms with Crippen LogP contribution in [0, 0.1) is 0 Å². The smallest absolute Gasteiger partial charge is 0.328 e. The molecule has 0 bridgehead atoms. The molecule has 2 aromatic rings. The van der Waals surface area contributed by atoms with E-state index in [0.29, 0.717) is 38.2 Å². The molecule has 2 amide bonds. The van der Waals surface area contributed by atoms with E-state index in [1.165, 1.54) is 24.1 Å². The van der Waals surface area contributed by atoms with Crippen molar-refractivity contribution >= 4 is 17.8 Å². The van der Waals surface area contributed by atoms with Crippen molar-refractivity contribution in [1.82, 2.24) is 10.2 Å². The monoisotopic (exact) mass is 484 g/mol. The SMILES string of the molecule is COC(=O)C1CC(OCCCOCc2ccccc2)CN1C(=O)CNC(=O)Cc1cccc(O)c1. The molecule has 2 atom stereocenters. The number of rotatable bonds is 12. The van der Waals surface area contributed by atoms with Crippen molar-refractivity contribution < 1.29 is 33.7 Å². The predicted molar refractivity (Wildman–Crippen MR) is 127 cm³/mol. The molecule has 1 fully saturated rings. The summed E-state index contributed by atoms with van der Waals surface area (Å²) < 4.78 is 16.4. The standard InChI is InChI=1S/C26H32N2O7/c1-33-26(32)23-15-22(35-12-6-11-34-18-19-7-3-2-4-8-19)17-28(23)25(31)16-27-24(30)14-20-9-5-10-21(29)13-20/h2-5,7-10,13,22-23,29H,6,11-12,14-18H2,1H3,(H,27,30). The first-order chi connectivity index (χ1) is 17.0. The van der Waals surface area contributed by atoms with E-state index >= 15 is 0 Å². The summed E-state index contributed by atoms with van der Waals surface area (Å²) in [4.78, 5) is 38.6. The first-order valence-electron chi connectivity index (χ1n) is 11.6. The number of amides is 2. The highest BCUT2D eigenvalue weighted by Crippen LogP contribution is 2.22. The molecule has 0 radical (unpaired) electrons. The number of ether oxygens (including phenoxy) is 3. The summed E-state index contributed by atoms with van der Waals surface area (Å²) >= 11 is 0.